The summed E-state index contributed by atoms with van der Waals surface area (Å²) in [6.45, 7) is 0.550. The van der Waals surface area contributed by atoms with Crippen LogP contribution in [0.4, 0.5) is 4.39 Å². The first-order chi connectivity index (χ1) is 8.93. The Bertz CT molecular complexity index is 628. The minimum absolute atomic E-state index is 0.0408. The van der Waals surface area contributed by atoms with E-state index in [0.29, 0.717) is 25.8 Å². The van der Waals surface area contributed by atoms with Crippen molar-refractivity contribution in [1.29, 1.82) is 0 Å². The Kier molecular flexibility index (Phi) is 2.91. The van der Waals surface area contributed by atoms with E-state index in [1.54, 1.807) is 0 Å². The van der Waals surface area contributed by atoms with E-state index in [9.17, 15) is 17.6 Å². The van der Waals surface area contributed by atoms with Gasteiger partial charge in [-0.05, 0) is 12.8 Å². The van der Waals surface area contributed by atoms with Gasteiger partial charge < -0.3 is 5.32 Å². The predicted molar refractivity (Wildman–Crippen MR) is 67.8 cm³/mol. The van der Waals surface area contributed by atoms with Crippen molar-refractivity contribution in [2.75, 3.05) is 13.1 Å². The van der Waals surface area contributed by atoms with Crippen LogP contribution in [0, 0.1) is 5.82 Å². The van der Waals surface area contributed by atoms with E-state index in [0.717, 1.165) is 11.3 Å². The summed E-state index contributed by atoms with van der Waals surface area (Å²) in [5.74, 6) is -0.748. The molecule has 2 aliphatic heterocycles. The zero-order valence-corrected chi connectivity index (χ0v) is 11.7. The second kappa shape index (κ2) is 4.26. The second-order valence-electron chi connectivity index (χ2n) is 5.00. The molecule has 0 bridgehead atoms. The maximum atomic E-state index is 13.5. The molecule has 0 aromatic carbocycles. The molecule has 1 amide bonds. The number of thiophene rings is 1. The second-order valence-corrected chi connectivity index (χ2v) is 7.65. The Morgan fingerprint density at radius 2 is 2.16 bits per heavy atom. The van der Waals surface area contributed by atoms with Crippen molar-refractivity contribution in [3.63, 3.8) is 0 Å². The Morgan fingerprint density at radius 1 is 1.37 bits per heavy atom. The number of sulfonamides is 1. The summed E-state index contributed by atoms with van der Waals surface area (Å²) in [5.41, 5.74) is -0.448. The molecule has 1 atom stereocenters. The van der Waals surface area contributed by atoms with Gasteiger partial charge in [0.1, 0.15) is 4.90 Å². The van der Waals surface area contributed by atoms with Crippen LogP contribution in [0.3, 0.4) is 0 Å². The number of halogens is 1. The molecule has 2 aliphatic rings. The summed E-state index contributed by atoms with van der Waals surface area (Å²) >= 11 is 1.03. The van der Waals surface area contributed by atoms with Gasteiger partial charge in [-0.1, -0.05) is 0 Å². The number of carbonyl (C=O) groups is 1. The molecule has 19 heavy (non-hydrogen) atoms. The molecule has 1 unspecified atom stereocenters. The van der Waals surface area contributed by atoms with E-state index in [2.05, 4.69) is 5.32 Å². The van der Waals surface area contributed by atoms with E-state index in [4.69, 9.17) is 0 Å². The standard InChI is InChI=1S/C11H13FN2O3S2/c12-8-5-18-6-9(8)19(16,17)14-4-3-11(7-14)2-1-10(15)13-11/h5-6H,1-4,7H2,(H,13,15). The Morgan fingerprint density at radius 3 is 2.74 bits per heavy atom. The van der Waals surface area contributed by atoms with Crippen molar-refractivity contribution >= 4 is 27.3 Å². The minimum Gasteiger partial charge on any atom is -0.349 e. The predicted octanol–water partition coefficient (Wildman–Crippen LogP) is 0.930. The maximum absolute atomic E-state index is 13.5. The number of nitrogens with one attached hydrogen (secondary N) is 1. The lowest BCUT2D eigenvalue weighted by Gasteiger charge is -2.23. The van der Waals surface area contributed by atoms with E-state index >= 15 is 0 Å². The molecular formula is C11H13FN2O3S2. The van der Waals surface area contributed by atoms with Crippen molar-refractivity contribution in [2.45, 2.75) is 29.7 Å². The zero-order valence-electron chi connectivity index (χ0n) is 10.1. The molecule has 1 spiro atoms. The summed E-state index contributed by atoms with van der Waals surface area (Å²) in [6, 6.07) is 0. The number of carbonyl (C=O) groups excluding carboxylic acids is 1. The van der Waals surface area contributed by atoms with Crippen LogP contribution in [0.5, 0.6) is 0 Å². The summed E-state index contributed by atoms with van der Waals surface area (Å²) in [6.07, 6.45) is 1.66. The first kappa shape index (κ1) is 13.0. The van der Waals surface area contributed by atoms with Crippen LogP contribution in [0.2, 0.25) is 0 Å². The van der Waals surface area contributed by atoms with Crippen LogP contribution in [0.15, 0.2) is 15.7 Å². The van der Waals surface area contributed by atoms with Crippen molar-refractivity contribution in [1.82, 2.24) is 9.62 Å². The summed E-state index contributed by atoms with van der Waals surface area (Å²) < 4.78 is 39.4. The topological polar surface area (TPSA) is 66.5 Å². The van der Waals surface area contributed by atoms with Crippen molar-refractivity contribution in [3.05, 3.63) is 16.6 Å². The zero-order chi connectivity index (χ0) is 13.7. The molecule has 1 aromatic rings. The smallest absolute Gasteiger partial charge is 0.246 e. The van der Waals surface area contributed by atoms with Gasteiger partial charge in [0.15, 0.2) is 5.82 Å². The molecule has 0 aliphatic carbocycles. The van der Waals surface area contributed by atoms with Crippen LogP contribution in [0.25, 0.3) is 0 Å². The third-order valence-corrected chi connectivity index (χ3v) is 6.48. The molecule has 8 heteroatoms. The Balaban J connectivity index is 1.85. The molecule has 1 aromatic heterocycles. The SMILES string of the molecule is O=C1CCC2(CCN(S(=O)(=O)c3cscc3F)C2)N1. The van der Waals surface area contributed by atoms with Crippen LogP contribution in [-0.4, -0.2) is 37.3 Å². The third-order valence-electron chi connectivity index (χ3n) is 3.75. The molecule has 2 fully saturated rings. The highest BCUT2D eigenvalue weighted by Crippen LogP contribution is 2.34. The molecular weight excluding hydrogens is 291 g/mol. The molecule has 1 N–H and O–H groups in total. The van der Waals surface area contributed by atoms with Gasteiger partial charge >= 0.3 is 0 Å². The minimum atomic E-state index is -3.79. The molecule has 104 valence electrons. The normalized spacial score (nSPS) is 28.2. The number of nitrogens with zero attached hydrogens (tertiary/aromatic N) is 1. The maximum Gasteiger partial charge on any atom is 0.246 e. The molecule has 0 saturated carbocycles. The number of hydrogen-bond acceptors (Lipinski definition) is 4. The van der Waals surface area contributed by atoms with Crippen LogP contribution < -0.4 is 5.32 Å². The lowest BCUT2D eigenvalue weighted by Crippen LogP contribution is -2.44. The number of rotatable bonds is 2. The Hall–Kier alpha value is -0.990. The first-order valence-corrected chi connectivity index (χ1v) is 8.34. The van der Waals surface area contributed by atoms with E-state index in [1.807, 2.05) is 0 Å². The van der Waals surface area contributed by atoms with Gasteiger partial charge in [0.25, 0.3) is 0 Å². The first-order valence-electron chi connectivity index (χ1n) is 5.96. The van der Waals surface area contributed by atoms with Crippen molar-refractivity contribution in [3.8, 4) is 0 Å². The lowest BCUT2D eigenvalue weighted by molar-refractivity contribution is -0.119. The van der Waals surface area contributed by atoms with Crippen molar-refractivity contribution in [2.24, 2.45) is 0 Å². The molecule has 3 rings (SSSR count). The van der Waals surface area contributed by atoms with E-state index in [-0.39, 0.29) is 17.3 Å². The summed E-state index contributed by atoms with van der Waals surface area (Å²) in [7, 11) is -3.79. The molecule has 3 heterocycles. The summed E-state index contributed by atoms with van der Waals surface area (Å²) in [4.78, 5) is 11.0. The van der Waals surface area contributed by atoms with E-state index < -0.39 is 21.4 Å². The largest absolute Gasteiger partial charge is 0.349 e. The van der Waals surface area contributed by atoms with Gasteiger partial charge in [-0.15, -0.1) is 11.3 Å². The number of amides is 1. The van der Waals surface area contributed by atoms with Gasteiger partial charge in [0, 0.05) is 30.3 Å². The quantitative estimate of drug-likeness (QED) is 0.884. The average molecular weight is 304 g/mol. The third kappa shape index (κ3) is 2.07. The molecule has 5 nitrogen and oxygen atoms in total. The fraction of sp³-hybridized carbons (Fsp3) is 0.545. The molecule has 2 saturated heterocycles. The van der Waals surface area contributed by atoms with Crippen LogP contribution in [-0.2, 0) is 14.8 Å². The summed E-state index contributed by atoms with van der Waals surface area (Å²) in [5, 5.41) is 5.34. The fourth-order valence-corrected chi connectivity index (χ4v) is 5.32. The van der Waals surface area contributed by atoms with Crippen LogP contribution >= 0.6 is 11.3 Å². The molecule has 0 radical (unpaired) electrons. The van der Waals surface area contributed by atoms with Gasteiger partial charge in [-0.3, -0.25) is 4.79 Å². The van der Waals surface area contributed by atoms with Gasteiger partial charge in [-0.25, -0.2) is 12.8 Å². The highest BCUT2D eigenvalue weighted by Gasteiger charge is 2.47. The lowest BCUT2D eigenvalue weighted by atomic mass is 9.97. The highest BCUT2D eigenvalue weighted by molar-refractivity contribution is 7.89. The highest BCUT2D eigenvalue weighted by atomic mass is 32.2. The van der Waals surface area contributed by atoms with Crippen molar-refractivity contribution < 1.29 is 17.6 Å². The van der Waals surface area contributed by atoms with Gasteiger partial charge in [0.05, 0.1) is 5.54 Å². The monoisotopic (exact) mass is 304 g/mol. The van der Waals surface area contributed by atoms with Gasteiger partial charge in [0.2, 0.25) is 15.9 Å². The average Bonchev–Trinajstić information content (AvgIpc) is 3.02. The van der Waals surface area contributed by atoms with E-state index in [1.165, 1.54) is 15.1 Å². The number of hydrogen-bond donors (Lipinski definition) is 1. The van der Waals surface area contributed by atoms with Crippen LogP contribution in [0.1, 0.15) is 19.3 Å². The van der Waals surface area contributed by atoms with Gasteiger partial charge in [-0.2, -0.15) is 4.31 Å². The fourth-order valence-electron chi connectivity index (χ4n) is 2.71. The Labute approximate surface area is 114 Å².